The van der Waals surface area contributed by atoms with E-state index in [-0.39, 0.29) is 17.3 Å². The fourth-order valence-corrected chi connectivity index (χ4v) is 3.43. The Kier molecular flexibility index (Phi) is 7.58. The fraction of sp³-hybridized carbons (Fsp3) is 0.333. The molecular weight excluding hydrogens is 390 g/mol. The van der Waals surface area contributed by atoms with Gasteiger partial charge in [0.25, 0.3) is 0 Å². The summed E-state index contributed by atoms with van der Waals surface area (Å²) in [7, 11) is -0.738. The van der Waals surface area contributed by atoms with Gasteiger partial charge in [0.1, 0.15) is 10.6 Å². The SMILES string of the molecule is CN(CCCOc1ccc(Cl)cc1)C(=O)CN(C)S(=O)(=O)c1cccnc1. The van der Waals surface area contributed by atoms with Crippen molar-refractivity contribution in [2.75, 3.05) is 33.8 Å². The average Bonchev–Trinajstić information content (AvgIpc) is 2.67. The van der Waals surface area contributed by atoms with Gasteiger partial charge in [-0.2, -0.15) is 4.31 Å². The van der Waals surface area contributed by atoms with Gasteiger partial charge in [-0.1, -0.05) is 11.6 Å². The van der Waals surface area contributed by atoms with Crippen LogP contribution in [0, 0.1) is 0 Å². The Bertz CT molecular complexity index is 845. The van der Waals surface area contributed by atoms with Gasteiger partial charge in [-0.3, -0.25) is 9.78 Å². The predicted molar refractivity (Wildman–Crippen MR) is 103 cm³/mol. The van der Waals surface area contributed by atoms with Gasteiger partial charge < -0.3 is 9.64 Å². The maximum absolute atomic E-state index is 12.4. The van der Waals surface area contributed by atoms with Gasteiger partial charge in [0.15, 0.2) is 0 Å². The summed E-state index contributed by atoms with van der Waals surface area (Å²) in [5.74, 6) is 0.409. The summed E-state index contributed by atoms with van der Waals surface area (Å²) < 4.78 is 31.4. The molecule has 1 heterocycles. The standard InChI is InChI=1S/C18H22ClN3O4S/c1-21(11-4-12-26-16-8-6-15(19)7-9-16)18(23)14-22(2)27(24,25)17-5-3-10-20-13-17/h3,5-10,13H,4,11-12,14H2,1-2H3. The van der Waals surface area contributed by atoms with Gasteiger partial charge in [0, 0.05) is 38.1 Å². The van der Waals surface area contributed by atoms with Crippen LogP contribution in [0.5, 0.6) is 5.75 Å². The van der Waals surface area contributed by atoms with Crippen molar-refractivity contribution in [2.45, 2.75) is 11.3 Å². The number of ether oxygens (including phenoxy) is 1. The zero-order valence-electron chi connectivity index (χ0n) is 15.2. The summed E-state index contributed by atoms with van der Waals surface area (Å²) in [6.45, 7) is 0.641. The van der Waals surface area contributed by atoms with Crippen LogP contribution in [0.3, 0.4) is 0 Å². The van der Waals surface area contributed by atoms with Crippen LogP contribution in [-0.4, -0.2) is 62.3 Å². The molecule has 0 spiro atoms. The third kappa shape index (κ3) is 6.20. The maximum atomic E-state index is 12.4. The molecule has 0 radical (unpaired) electrons. The molecule has 0 saturated carbocycles. The van der Waals surface area contributed by atoms with E-state index >= 15 is 0 Å². The quantitative estimate of drug-likeness (QED) is 0.591. The number of halogens is 1. The summed E-state index contributed by atoms with van der Waals surface area (Å²) in [5, 5.41) is 0.637. The topological polar surface area (TPSA) is 79.8 Å². The van der Waals surface area contributed by atoms with Gasteiger partial charge in [-0.25, -0.2) is 8.42 Å². The second-order valence-corrected chi connectivity index (χ2v) is 8.40. The lowest BCUT2D eigenvalue weighted by Crippen LogP contribution is -2.40. The van der Waals surface area contributed by atoms with E-state index in [4.69, 9.17) is 16.3 Å². The third-order valence-corrected chi connectivity index (χ3v) is 5.89. The number of hydrogen-bond acceptors (Lipinski definition) is 5. The molecule has 0 saturated heterocycles. The molecule has 0 unspecified atom stereocenters. The second-order valence-electron chi connectivity index (χ2n) is 5.92. The Hall–Kier alpha value is -2.16. The summed E-state index contributed by atoms with van der Waals surface area (Å²) in [6.07, 6.45) is 3.36. The van der Waals surface area contributed by atoms with Crippen LogP contribution >= 0.6 is 11.6 Å². The van der Waals surface area contributed by atoms with E-state index < -0.39 is 10.0 Å². The average molecular weight is 412 g/mol. The minimum absolute atomic E-state index is 0.0549. The van der Waals surface area contributed by atoms with Gasteiger partial charge >= 0.3 is 0 Å². The first-order valence-electron chi connectivity index (χ1n) is 8.29. The lowest BCUT2D eigenvalue weighted by molar-refractivity contribution is -0.130. The van der Waals surface area contributed by atoms with Gasteiger partial charge in [0.05, 0.1) is 13.2 Å². The number of aromatic nitrogens is 1. The molecule has 0 aliphatic carbocycles. The van der Waals surface area contributed by atoms with E-state index in [0.717, 1.165) is 4.31 Å². The molecule has 7 nitrogen and oxygen atoms in total. The minimum Gasteiger partial charge on any atom is -0.494 e. The van der Waals surface area contributed by atoms with E-state index in [1.165, 1.54) is 36.5 Å². The van der Waals surface area contributed by atoms with Crippen LogP contribution in [0.2, 0.25) is 5.02 Å². The minimum atomic E-state index is -3.74. The van der Waals surface area contributed by atoms with Gasteiger partial charge in [0.2, 0.25) is 15.9 Å². The first-order chi connectivity index (χ1) is 12.8. The largest absolute Gasteiger partial charge is 0.494 e. The van der Waals surface area contributed by atoms with Gasteiger partial charge in [-0.05, 0) is 42.8 Å². The summed E-state index contributed by atoms with van der Waals surface area (Å²) in [5.41, 5.74) is 0. The molecule has 0 fully saturated rings. The number of benzene rings is 1. The van der Waals surface area contributed by atoms with Crippen molar-refractivity contribution in [3.05, 3.63) is 53.8 Å². The van der Waals surface area contributed by atoms with Crippen LogP contribution in [0.15, 0.2) is 53.7 Å². The number of rotatable bonds is 9. The number of carbonyl (C=O) groups excluding carboxylic acids is 1. The van der Waals surface area contributed by atoms with Crippen LogP contribution in [-0.2, 0) is 14.8 Å². The molecule has 1 aromatic heterocycles. The zero-order valence-corrected chi connectivity index (χ0v) is 16.8. The lowest BCUT2D eigenvalue weighted by Gasteiger charge is -2.21. The van der Waals surface area contributed by atoms with E-state index in [2.05, 4.69) is 4.98 Å². The highest BCUT2D eigenvalue weighted by Crippen LogP contribution is 2.15. The highest BCUT2D eigenvalue weighted by atomic mass is 35.5. The first kappa shape index (κ1) is 21.1. The number of likely N-dealkylation sites (N-methyl/N-ethyl adjacent to an activating group) is 2. The number of sulfonamides is 1. The van der Waals surface area contributed by atoms with Crippen molar-refractivity contribution in [2.24, 2.45) is 0 Å². The summed E-state index contributed by atoms with van der Waals surface area (Å²) in [6, 6.07) is 10.0. The van der Waals surface area contributed by atoms with Gasteiger partial charge in [-0.15, -0.1) is 0 Å². The van der Waals surface area contributed by atoms with E-state index in [0.29, 0.717) is 30.3 Å². The van der Waals surface area contributed by atoms with Crippen molar-refractivity contribution >= 4 is 27.5 Å². The Morgan fingerprint density at radius 3 is 2.52 bits per heavy atom. The van der Waals surface area contributed by atoms with Crippen LogP contribution in [0.25, 0.3) is 0 Å². The molecule has 27 heavy (non-hydrogen) atoms. The number of carbonyl (C=O) groups is 1. The molecule has 1 aromatic carbocycles. The number of nitrogens with zero attached hydrogens (tertiary/aromatic N) is 3. The third-order valence-electron chi connectivity index (χ3n) is 3.85. The maximum Gasteiger partial charge on any atom is 0.244 e. The summed E-state index contributed by atoms with van der Waals surface area (Å²) >= 11 is 5.81. The van der Waals surface area contributed by atoms with E-state index in [9.17, 15) is 13.2 Å². The number of amides is 1. The van der Waals surface area contributed by atoms with Crippen molar-refractivity contribution in [3.8, 4) is 5.75 Å². The number of pyridine rings is 1. The highest BCUT2D eigenvalue weighted by Gasteiger charge is 2.24. The molecular formula is C18H22ClN3O4S. The van der Waals surface area contributed by atoms with Crippen molar-refractivity contribution in [1.29, 1.82) is 0 Å². The van der Waals surface area contributed by atoms with Crippen molar-refractivity contribution in [1.82, 2.24) is 14.2 Å². The normalized spacial score (nSPS) is 11.4. The Labute approximate surface area is 164 Å². The molecule has 2 aromatic rings. The van der Waals surface area contributed by atoms with Crippen molar-refractivity contribution in [3.63, 3.8) is 0 Å². The Morgan fingerprint density at radius 2 is 1.89 bits per heavy atom. The predicted octanol–water partition coefficient (Wildman–Crippen LogP) is 2.28. The molecule has 0 N–H and O–H groups in total. The van der Waals surface area contributed by atoms with Crippen molar-refractivity contribution < 1.29 is 17.9 Å². The molecule has 1 amide bonds. The Balaban J connectivity index is 1.78. The number of hydrogen-bond donors (Lipinski definition) is 0. The molecule has 0 atom stereocenters. The van der Waals surface area contributed by atoms with Crippen LogP contribution < -0.4 is 4.74 Å². The molecule has 0 aliphatic heterocycles. The monoisotopic (exact) mass is 411 g/mol. The molecule has 146 valence electrons. The first-order valence-corrected chi connectivity index (χ1v) is 10.1. The molecule has 9 heteroatoms. The smallest absolute Gasteiger partial charge is 0.244 e. The lowest BCUT2D eigenvalue weighted by atomic mass is 10.3. The molecule has 0 bridgehead atoms. The van der Waals surface area contributed by atoms with E-state index in [1.807, 2.05) is 0 Å². The van der Waals surface area contributed by atoms with Crippen LogP contribution in [0.1, 0.15) is 6.42 Å². The summed E-state index contributed by atoms with van der Waals surface area (Å²) in [4.78, 5) is 17.6. The van der Waals surface area contributed by atoms with Crippen LogP contribution in [0.4, 0.5) is 0 Å². The Morgan fingerprint density at radius 1 is 1.19 bits per heavy atom. The van der Waals surface area contributed by atoms with E-state index in [1.54, 1.807) is 31.3 Å². The second kappa shape index (κ2) is 9.68. The molecule has 2 rings (SSSR count). The zero-order chi connectivity index (χ0) is 19.9. The molecule has 0 aliphatic rings. The fourth-order valence-electron chi connectivity index (χ4n) is 2.22. The highest BCUT2D eigenvalue weighted by molar-refractivity contribution is 7.89.